The molecule has 0 fully saturated rings. The maximum absolute atomic E-state index is 13.9. The van der Waals surface area contributed by atoms with Gasteiger partial charge in [-0.3, -0.25) is 4.79 Å². The first-order valence-corrected chi connectivity index (χ1v) is 9.54. The number of hydrogen-bond acceptors (Lipinski definition) is 4. The number of aliphatic carboxylic acids is 1. The van der Waals surface area contributed by atoms with Crippen LogP contribution in [-0.4, -0.2) is 16.1 Å². The number of nitrogens with zero attached hydrogens (tertiary/aromatic N) is 1. The third-order valence-electron chi connectivity index (χ3n) is 4.33. The minimum Gasteiger partial charge on any atom is -0.488 e. The summed E-state index contributed by atoms with van der Waals surface area (Å²) in [5.41, 5.74) is 1.75. The van der Waals surface area contributed by atoms with Crippen molar-refractivity contribution >= 4 is 28.1 Å². The molecule has 1 N–H and O–H groups in total. The zero-order chi connectivity index (χ0) is 19.5. The van der Waals surface area contributed by atoms with Gasteiger partial charge in [-0.1, -0.05) is 48.5 Å². The molecule has 3 aromatic carbocycles. The smallest absolute Gasteiger partial charge is 0.309 e. The Hall–Kier alpha value is -3.25. The zero-order valence-corrected chi connectivity index (χ0v) is 15.6. The first kappa shape index (κ1) is 18.1. The molecule has 0 aliphatic carbocycles. The lowest BCUT2D eigenvalue weighted by Gasteiger charge is -2.13. The zero-order valence-electron chi connectivity index (χ0n) is 14.8. The summed E-state index contributed by atoms with van der Waals surface area (Å²) in [6, 6.07) is 18.1. The molecular weight excluding hydrogens is 377 g/mol. The minimum atomic E-state index is -0.925. The lowest BCUT2D eigenvalue weighted by atomic mass is 10.0. The van der Waals surface area contributed by atoms with Crippen LogP contribution < -0.4 is 4.74 Å². The molecule has 6 heteroatoms. The van der Waals surface area contributed by atoms with Gasteiger partial charge in [-0.05, 0) is 22.9 Å². The largest absolute Gasteiger partial charge is 0.488 e. The molecule has 0 aliphatic heterocycles. The standard InChI is InChI=1S/C22H16FNO3S/c23-18-8-4-2-6-15(18)12-27-19-10-9-14-5-1-3-7-17(14)21(19)22-24-16(13-28-22)11-20(25)26/h1-10,13H,11-12H2,(H,25,26). The van der Waals surface area contributed by atoms with Crippen LogP contribution in [-0.2, 0) is 17.8 Å². The Morgan fingerprint density at radius 1 is 1.07 bits per heavy atom. The van der Waals surface area contributed by atoms with Gasteiger partial charge in [-0.2, -0.15) is 0 Å². The number of carboxylic acids is 1. The van der Waals surface area contributed by atoms with Crippen LogP contribution in [0.5, 0.6) is 5.75 Å². The lowest BCUT2D eigenvalue weighted by molar-refractivity contribution is -0.136. The van der Waals surface area contributed by atoms with Gasteiger partial charge in [-0.25, -0.2) is 9.37 Å². The fourth-order valence-electron chi connectivity index (χ4n) is 3.02. The van der Waals surface area contributed by atoms with Crippen molar-refractivity contribution in [1.82, 2.24) is 4.98 Å². The fourth-order valence-corrected chi connectivity index (χ4v) is 3.90. The van der Waals surface area contributed by atoms with Crippen LogP contribution >= 0.6 is 11.3 Å². The molecule has 0 amide bonds. The lowest BCUT2D eigenvalue weighted by Crippen LogP contribution is -2.01. The van der Waals surface area contributed by atoms with Crippen molar-refractivity contribution in [3.05, 3.63) is 83.1 Å². The van der Waals surface area contributed by atoms with E-state index in [0.29, 0.717) is 22.0 Å². The second kappa shape index (κ2) is 7.78. The number of carbonyl (C=O) groups is 1. The molecule has 0 unspecified atom stereocenters. The van der Waals surface area contributed by atoms with Gasteiger partial charge in [0.2, 0.25) is 0 Å². The predicted molar refractivity (Wildman–Crippen MR) is 107 cm³/mol. The number of ether oxygens (including phenoxy) is 1. The molecule has 140 valence electrons. The van der Waals surface area contributed by atoms with Crippen LogP contribution in [0.25, 0.3) is 21.3 Å². The fraction of sp³-hybridized carbons (Fsp3) is 0.0909. The molecule has 0 atom stereocenters. The number of thiazole rings is 1. The highest BCUT2D eigenvalue weighted by Crippen LogP contribution is 2.39. The van der Waals surface area contributed by atoms with Gasteiger partial charge in [0, 0.05) is 10.9 Å². The average molecular weight is 393 g/mol. The van der Waals surface area contributed by atoms with Crippen molar-refractivity contribution in [2.75, 3.05) is 0 Å². The summed E-state index contributed by atoms with van der Waals surface area (Å²) in [6.07, 6.45) is -0.132. The van der Waals surface area contributed by atoms with Gasteiger partial charge in [0.05, 0.1) is 17.7 Å². The molecule has 4 aromatic rings. The monoisotopic (exact) mass is 393 g/mol. The van der Waals surface area contributed by atoms with Crippen molar-refractivity contribution in [2.24, 2.45) is 0 Å². The van der Waals surface area contributed by atoms with Gasteiger partial charge >= 0.3 is 5.97 Å². The molecule has 0 saturated carbocycles. The summed E-state index contributed by atoms with van der Waals surface area (Å²) >= 11 is 1.37. The number of fused-ring (bicyclic) bond motifs is 1. The number of hydrogen-bond donors (Lipinski definition) is 1. The second-order valence-electron chi connectivity index (χ2n) is 6.25. The van der Waals surface area contributed by atoms with E-state index in [-0.39, 0.29) is 18.8 Å². The van der Waals surface area contributed by atoms with E-state index in [1.807, 2.05) is 36.4 Å². The first-order chi connectivity index (χ1) is 13.6. The van der Waals surface area contributed by atoms with E-state index in [9.17, 15) is 9.18 Å². The van der Waals surface area contributed by atoms with E-state index in [4.69, 9.17) is 9.84 Å². The quantitative estimate of drug-likeness (QED) is 0.482. The highest BCUT2D eigenvalue weighted by atomic mass is 32.1. The van der Waals surface area contributed by atoms with Crippen LogP contribution in [0.2, 0.25) is 0 Å². The predicted octanol–water partition coefficient (Wildman–Crippen LogP) is 5.31. The molecule has 0 spiro atoms. The Bertz CT molecular complexity index is 1160. The van der Waals surface area contributed by atoms with Crippen molar-refractivity contribution in [3.63, 3.8) is 0 Å². The maximum Gasteiger partial charge on any atom is 0.309 e. The van der Waals surface area contributed by atoms with E-state index in [2.05, 4.69) is 4.98 Å². The summed E-state index contributed by atoms with van der Waals surface area (Å²) in [7, 11) is 0. The van der Waals surface area contributed by atoms with Crippen LogP contribution in [0, 0.1) is 5.82 Å². The van der Waals surface area contributed by atoms with Crippen LogP contribution in [0.1, 0.15) is 11.3 Å². The highest BCUT2D eigenvalue weighted by molar-refractivity contribution is 7.13. The molecular formula is C22H16FNO3S. The topological polar surface area (TPSA) is 59.4 Å². The Kier molecular flexibility index (Phi) is 5.04. The summed E-state index contributed by atoms with van der Waals surface area (Å²) in [5.74, 6) is -0.660. The molecule has 28 heavy (non-hydrogen) atoms. The summed E-state index contributed by atoms with van der Waals surface area (Å²) in [5, 5.41) is 13.4. The Balaban J connectivity index is 1.76. The van der Waals surface area contributed by atoms with Crippen LogP contribution in [0.15, 0.2) is 66.0 Å². The molecule has 0 aliphatic rings. The Labute approximate surface area is 164 Å². The number of rotatable bonds is 6. The molecule has 1 aromatic heterocycles. The Morgan fingerprint density at radius 3 is 2.68 bits per heavy atom. The number of aromatic nitrogens is 1. The molecule has 4 rings (SSSR count). The molecule has 0 radical (unpaired) electrons. The first-order valence-electron chi connectivity index (χ1n) is 8.66. The molecule has 1 heterocycles. The minimum absolute atomic E-state index is 0.0887. The number of carboxylic acid groups (broad SMARTS) is 1. The van der Waals surface area contributed by atoms with Crippen molar-refractivity contribution in [2.45, 2.75) is 13.0 Å². The SMILES string of the molecule is O=C(O)Cc1csc(-c2c(OCc3ccccc3F)ccc3ccccc23)n1. The third-order valence-corrected chi connectivity index (χ3v) is 5.24. The Morgan fingerprint density at radius 2 is 1.86 bits per heavy atom. The number of benzene rings is 3. The van der Waals surface area contributed by atoms with E-state index in [1.54, 1.807) is 23.6 Å². The van der Waals surface area contributed by atoms with Crippen molar-refractivity contribution in [3.8, 4) is 16.3 Å². The highest BCUT2D eigenvalue weighted by Gasteiger charge is 2.16. The van der Waals surface area contributed by atoms with Crippen LogP contribution in [0.3, 0.4) is 0 Å². The van der Waals surface area contributed by atoms with Gasteiger partial charge in [0.15, 0.2) is 0 Å². The van der Waals surface area contributed by atoms with Gasteiger partial charge in [-0.15, -0.1) is 11.3 Å². The van der Waals surface area contributed by atoms with E-state index in [0.717, 1.165) is 16.3 Å². The average Bonchev–Trinajstić information content (AvgIpc) is 3.14. The third kappa shape index (κ3) is 3.73. The van der Waals surface area contributed by atoms with Gasteiger partial charge in [0.25, 0.3) is 0 Å². The van der Waals surface area contributed by atoms with Crippen molar-refractivity contribution < 1.29 is 19.0 Å². The summed E-state index contributed by atoms with van der Waals surface area (Å²) < 4.78 is 19.9. The van der Waals surface area contributed by atoms with Crippen molar-refractivity contribution in [1.29, 1.82) is 0 Å². The van der Waals surface area contributed by atoms with E-state index < -0.39 is 5.97 Å². The second-order valence-corrected chi connectivity index (χ2v) is 7.11. The van der Waals surface area contributed by atoms with Crippen LogP contribution in [0.4, 0.5) is 4.39 Å². The van der Waals surface area contributed by atoms with Gasteiger partial charge < -0.3 is 9.84 Å². The van der Waals surface area contributed by atoms with E-state index >= 15 is 0 Å². The normalized spacial score (nSPS) is 10.9. The molecule has 0 bridgehead atoms. The molecule has 4 nitrogen and oxygen atoms in total. The van der Waals surface area contributed by atoms with Gasteiger partial charge in [0.1, 0.15) is 23.2 Å². The number of halogens is 1. The summed E-state index contributed by atoms with van der Waals surface area (Å²) in [6.45, 7) is 0.0887. The van der Waals surface area contributed by atoms with E-state index in [1.165, 1.54) is 17.4 Å². The maximum atomic E-state index is 13.9. The summed E-state index contributed by atoms with van der Waals surface area (Å²) in [4.78, 5) is 15.5. The molecule has 0 saturated heterocycles.